The van der Waals surface area contributed by atoms with Crippen molar-refractivity contribution >= 4 is 33.2 Å². The van der Waals surface area contributed by atoms with Gasteiger partial charge in [0.05, 0.1) is 11.1 Å². The Balaban J connectivity index is 1.31. The minimum Gasteiger partial charge on any atom is -0.461 e. The molecule has 3 N–H and O–H groups in total. The van der Waals surface area contributed by atoms with Crippen LogP contribution in [0, 0.1) is 24.0 Å². The summed E-state index contributed by atoms with van der Waals surface area (Å²) in [7, 11) is 0. The molecule has 0 amide bonds. The van der Waals surface area contributed by atoms with Gasteiger partial charge in [-0.25, -0.2) is 13.2 Å². The standard InChI is InChI=1S/C36H37F3N6O/c1-4-21-7-5-8-22-13-24(40)14-25(28(21)22)29-27(38)15-26-31(30(29)39)41-33(46-20-36-9-6-12-45(36)17-23(37)16-36)42-32(26)44-18-34(2)10-11-35(3,19-44)43-34/h1,5,7-8,13-15,23,43H,6,9-12,16-20,40H2,2-3H3/t23-,34?,35?,36+/m1/s1. The number of benzene rings is 3. The highest BCUT2D eigenvalue weighted by Crippen LogP contribution is 2.44. The van der Waals surface area contributed by atoms with Gasteiger partial charge in [-0.05, 0) is 81.3 Å². The lowest BCUT2D eigenvalue weighted by atomic mass is 9.92. The van der Waals surface area contributed by atoms with Gasteiger partial charge >= 0.3 is 6.01 Å². The van der Waals surface area contributed by atoms with Gasteiger partial charge < -0.3 is 20.7 Å². The van der Waals surface area contributed by atoms with Gasteiger partial charge in [0.25, 0.3) is 0 Å². The number of nitrogens with two attached hydrogens (primary N) is 1. The van der Waals surface area contributed by atoms with Crippen molar-refractivity contribution in [3.05, 3.63) is 53.6 Å². The van der Waals surface area contributed by atoms with E-state index in [1.807, 2.05) is 6.07 Å². The number of terminal acetylenes is 1. The minimum atomic E-state index is -0.918. The van der Waals surface area contributed by atoms with Crippen LogP contribution >= 0.6 is 0 Å². The minimum absolute atomic E-state index is 0.00887. The number of anilines is 2. The molecule has 0 spiro atoms. The van der Waals surface area contributed by atoms with E-state index in [1.54, 1.807) is 24.3 Å². The molecule has 4 aliphatic heterocycles. The second-order valence-corrected chi connectivity index (χ2v) is 14.4. The Morgan fingerprint density at radius 2 is 1.89 bits per heavy atom. The van der Waals surface area contributed by atoms with Crippen molar-refractivity contribution in [2.75, 3.05) is 43.4 Å². The van der Waals surface area contributed by atoms with E-state index >= 15 is 8.78 Å². The second-order valence-electron chi connectivity index (χ2n) is 14.4. The number of nitrogen functional groups attached to an aromatic ring is 1. The molecule has 2 bridgehead atoms. The fraction of sp³-hybridized carbons (Fsp3) is 0.444. The molecule has 3 aromatic carbocycles. The molecule has 5 heterocycles. The van der Waals surface area contributed by atoms with Crippen molar-refractivity contribution < 1.29 is 17.9 Å². The maximum absolute atomic E-state index is 17.0. The first-order chi connectivity index (χ1) is 22.0. The molecule has 8 rings (SSSR count). The molecule has 0 radical (unpaired) electrons. The molecule has 4 saturated heterocycles. The fourth-order valence-electron chi connectivity index (χ4n) is 8.82. The molecule has 2 unspecified atom stereocenters. The van der Waals surface area contributed by atoms with Crippen LogP contribution in [0.3, 0.4) is 0 Å². The smallest absolute Gasteiger partial charge is 0.319 e. The number of rotatable bonds is 5. The second kappa shape index (κ2) is 10.2. The average molecular weight is 627 g/mol. The zero-order valence-electron chi connectivity index (χ0n) is 26.1. The van der Waals surface area contributed by atoms with Crippen molar-refractivity contribution in [3.63, 3.8) is 0 Å². The molecule has 4 aliphatic rings. The van der Waals surface area contributed by atoms with E-state index in [0.29, 0.717) is 53.9 Å². The third kappa shape index (κ3) is 4.58. The lowest BCUT2D eigenvalue weighted by molar-refractivity contribution is 0.107. The summed E-state index contributed by atoms with van der Waals surface area (Å²) in [4.78, 5) is 13.6. The summed E-state index contributed by atoms with van der Waals surface area (Å²) in [6, 6.07) is 9.94. The van der Waals surface area contributed by atoms with Crippen LogP contribution in [-0.2, 0) is 0 Å². The largest absolute Gasteiger partial charge is 0.461 e. The molecule has 46 heavy (non-hydrogen) atoms. The average Bonchev–Trinajstić information content (AvgIpc) is 3.61. The van der Waals surface area contributed by atoms with E-state index in [0.717, 1.165) is 32.2 Å². The molecule has 238 valence electrons. The summed E-state index contributed by atoms with van der Waals surface area (Å²) in [6.45, 7) is 6.93. The van der Waals surface area contributed by atoms with E-state index in [2.05, 4.69) is 39.9 Å². The number of hydrogen-bond donors (Lipinski definition) is 2. The van der Waals surface area contributed by atoms with Crippen LogP contribution in [0.15, 0.2) is 36.4 Å². The summed E-state index contributed by atoms with van der Waals surface area (Å²) in [5, 5.41) is 5.22. The van der Waals surface area contributed by atoms with Crippen molar-refractivity contribution in [2.45, 2.75) is 68.7 Å². The van der Waals surface area contributed by atoms with Crippen LogP contribution in [0.2, 0.25) is 0 Å². The van der Waals surface area contributed by atoms with Gasteiger partial charge in [-0.1, -0.05) is 18.1 Å². The molecule has 4 aromatic rings. The Morgan fingerprint density at radius 3 is 2.65 bits per heavy atom. The number of hydrogen-bond acceptors (Lipinski definition) is 7. The predicted octanol–water partition coefficient (Wildman–Crippen LogP) is 5.97. The van der Waals surface area contributed by atoms with Gasteiger partial charge in [-0.3, -0.25) is 4.90 Å². The summed E-state index contributed by atoms with van der Waals surface area (Å²) in [5.41, 5.74) is 6.22. The fourth-order valence-corrected chi connectivity index (χ4v) is 8.82. The van der Waals surface area contributed by atoms with Gasteiger partial charge in [0.1, 0.15) is 29.9 Å². The SMILES string of the molecule is C#Cc1cccc2cc(N)cc(-c3c(F)cc4c(N5CC6(C)CCC(C)(C5)N6)nc(OC[C@@]56CCCN5C[C@H](F)C6)nc4c3F)c12. The predicted molar refractivity (Wildman–Crippen MR) is 175 cm³/mol. The summed E-state index contributed by atoms with van der Waals surface area (Å²) < 4.78 is 54.2. The monoisotopic (exact) mass is 626 g/mol. The molecular weight excluding hydrogens is 589 g/mol. The highest BCUT2D eigenvalue weighted by atomic mass is 19.1. The maximum Gasteiger partial charge on any atom is 0.319 e. The van der Waals surface area contributed by atoms with Gasteiger partial charge in [0.2, 0.25) is 0 Å². The van der Waals surface area contributed by atoms with Crippen molar-refractivity contribution in [3.8, 4) is 29.5 Å². The highest BCUT2D eigenvalue weighted by molar-refractivity contribution is 6.05. The Morgan fingerprint density at radius 1 is 1.11 bits per heavy atom. The maximum atomic E-state index is 17.0. The van der Waals surface area contributed by atoms with Crippen molar-refractivity contribution in [1.29, 1.82) is 0 Å². The molecule has 0 aliphatic carbocycles. The Hall–Kier alpha value is -4.07. The number of ether oxygens (including phenoxy) is 1. The van der Waals surface area contributed by atoms with Crippen LogP contribution in [0.25, 0.3) is 32.8 Å². The summed E-state index contributed by atoms with van der Waals surface area (Å²) in [6.07, 6.45) is 9.01. The third-order valence-electron chi connectivity index (χ3n) is 10.7. The van der Waals surface area contributed by atoms with Crippen LogP contribution in [0.5, 0.6) is 6.01 Å². The molecule has 4 atom stereocenters. The lowest BCUT2D eigenvalue weighted by Gasteiger charge is -2.45. The molecule has 10 heteroatoms. The van der Waals surface area contributed by atoms with E-state index < -0.39 is 23.3 Å². The molecule has 7 nitrogen and oxygen atoms in total. The zero-order valence-corrected chi connectivity index (χ0v) is 26.1. The number of halogens is 3. The van der Waals surface area contributed by atoms with E-state index in [4.69, 9.17) is 21.9 Å². The van der Waals surface area contributed by atoms with Crippen molar-refractivity contribution in [2.24, 2.45) is 0 Å². The summed E-state index contributed by atoms with van der Waals surface area (Å²) in [5.74, 6) is 1.46. The van der Waals surface area contributed by atoms with Gasteiger partial charge in [0, 0.05) is 59.2 Å². The first-order valence-corrected chi connectivity index (χ1v) is 16.0. The van der Waals surface area contributed by atoms with E-state index in [-0.39, 0.29) is 45.7 Å². The number of nitrogens with zero attached hydrogens (tertiary/aromatic N) is 4. The van der Waals surface area contributed by atoms with Crippen LogP contribution in [0.4, 0.5) is 24.7 Å². The van der Waals surface area contributed by atoms with Crippen LogP contribution in [0.1, 0.15) is 51.5 Å². The highest BCUT2D eigenvalue weighted by Gasteiger charge is 2.50. The molecular formula is C36H37F3N6O. The Bertz CT molecular complexity index is 1940. The normalized spacial score (nSPS) is 29.0. The zero-order chi connectivity index (χ0) is 32.0. The number of piperazine rings is 1. The Kier molecular flexibility index (Phi) is 6.52. The van der Waals surface area contributed by atoms with Crippen LogP contribution < -0.4 is 20.7 Å². The van der Waals surface area contributed by atoms with E-state index in [9.17, 15) is 4.39 Å². The number of nitrogens with one attached hydrogen (secondary N) is 1. The number of alkyl halides is 1. The first-order valence-electron chi connectivity index (χ1n) is 16.0. The van der Waals surface area contributed by atoms with E-state index in [1.165, 1.54) is 6.07 Å². The third-order valence-corrected chi connectivity index (χ3v) is 10.7. The van der Waals surface area contributed by atoms with Gasteiger partial charge in [0.15, 0.2) is 5.82 Å². The van der Waals surface area contributed by atoms with Crippen molar-refractivity contribution in [1.82, 2.24) is 20.2 Å². The topological polar surface area (TPSA) is 79.5 Å². The summed E-state index contributed by atoms with van der Waals surface area (Å²) >= 11 is 0. The van der Waals surface area contributed by atoms with Crippen LogP contribution in [-0.4, -0.2) is 70.4 Å². The molecule has 1 aromatic heterocycles. The van der Waals surface area contributed by atoms with Gasteiger partial charge in [-0.2, -0.15) is 9.97 Å². The van der Waals surface area contributed by atoms with Gasteiger partial charge in [-0.15, -0.1) is 6.42 Å². The quantitative estimate of drug-likeness (QED) is 0.209. The molecule has 0 saturated carbocycles. The lowest BCUT2D eigenvalue weighted by Crippen LogP contribution is -2.63. The number of fused-ring (bicyclic) bond motifs is 5. The first kappa shape index (κ1) is 29.3. The molecule has 4 fully saturated rings. The Labute approximate surface area is 266 Å². The number of aromatic nitrogens is 2.